The first-order chi connectivity index (χ1) is 18.7. The Morgan fingerprint density at radius 2 is 1.68 bits per heavy atom. The number of hydrogen-bond donors (Lipinski definition) is 3. The maximum Gasteiger partial charge on any atom is 0.408 e. The fourth-order valence-corrected chi connectivity index (χ4v) is 4.16. The van der Waals surface area contributed by atoms with Crippen molar-refractivity contribution < 1.29 is 33.8 Å². The van der Waals surface area contributed by atoms with Crippen LogP contribution in [0.25, 0.3) is 0 Å². The Morgan fingerprint density at radius 3 is 2.25 bits per heavy atom. The van der Waals surface area contributed by atoms with E-state index in [0.29, 0.717) is 17.5 Å². The summed E-state index contributed by atoms with van der Waals surface area (Å²) in [7, 11) is 1.22. The van der Waals surface area contributed by atoms with Crippen molar-refractivity contribution >= 4 is 23.9 Å². The molecule has 218 valence electrons. The minimum absolute atomic E-state index is 0.0663. The molecule has 0 saturated heterocycles. The van der Waals surface area contributed by atoms with Crippen molar-refractivity contribution in [2.45, 2.75) is 72.1 Å². The van der Waals surface area contributed by atoms with E-state index in [-0.39, 0.29) is 25.3 Å². The molecule has 2 aromatic rings. The van der Waals surface area contributed by atoms with E-state index < -0.39 is 41.6 Å². The summed E-state index contributed by atoms with van der Waals surface area (Å²) in [6, 6.07) is 9.74. The molecule has 0 aromatic heterocycles. The molecular weight excluding hydrogens is 514 g/mol. The average Bonchev–Trinajstić information content (AvgIpc) is 2.88. The van der Waals surface area contributed by atoms with Crippen molar-refractivity contribution in [1.82, 2.24) is 15.5 Å². The summed E-state index contributed by atoms with van der Waals surface area (Å²) >= 11 is 0. The maximum absolute atomic E-state index is 14.3. The first kappa shape index (κ1) is 32.1. The molecule has 0 bridgehead atoms. The standard InChI is InChI=1S/C30H41N3O7/c1-8-15-33(26(27(36)31-18-25(35)39-7)23-16-19(2)9-10-20(23)3)28(37)24(32-29(38)40-30(4,5)6)17-21-11-13-22(34)14-12-21/h9-14,16,24,26,34H,8,15,17-18H2,1-7H3,(H,31,36)(H,32,38). The Hall–Kier alpha value is -4.08. The predicted octanol–water partition coefficient (Wildman–Crippen LogP) is 3.71. The second-order valence-electron chi connectivity index (χ2n) is 10.7. The molecule has 10 nitrogen and oxygen atoms in total. The molecule has 2 aromatic carbocycles. The zero-order valence-electron chi connectivity index (χ0n) is 24.4. The van der Waals surface area contributed by atoms with E-state index >= 15 is 0 Å². The molecule has 0 fully saturated rings. The smallest absolute Gasteiger partial charge is 0.408 e. The molecule has 0 aliphatic carbocycles. The lowest BCUT2D eigenvalue weighted by Crippen LogP contribution is -2.54. The summed E-state index contributed by atoms with van der Waals surface area (Å²) in [4.78, 5) is 53.9. The summed E-state index contributed by atoms with van der Waals surface area (Å²) in [5.74, 6) is -1.61. The van der Waals surface area contributed by atoms with Gasteiger partial charge in [0, 0.05) is 13.0 Å². The minimum atomic E-state index is -1.09. The molecule has 2 atom stereocenters. The highest BCUT2D eigenvalue weighted by Crippen LogP contribution is 2.27. The molecule has 0 spiro atoms. The number of nitrogens with zero attached hydrogens (tertiary/aromatic N) is 1. The van der Waals surface area contributed by atoms with Crippen LogP contribution in [0.15, 0.2) is 42.5 Å². The number of aromatic hydroxyl groups is 1. The monoisotopic (exact) mass is 555 g/mol. The lowest BCUT2D eigenvalue weighted by Gasteiger charge is -2.35. The normalized spacial score (nSPS) is 12.6. The third-order valence-electron chi connectivity index (χ3n) is 6.04. The van der Waals surface area contributed by atoms with Gasteiger partial charge in [0.25, 0.3) is 0 Å². The highest BCUT2D eigenvalue weighted by Gasteiger charge is 2.37. The van der Waals surface area contributed by atoms with Crippen molar-refractivity contribution in [2.75, 3.05) is 20.2 Å². The number of amides is 3. The van der Waals surface area contributed by atoms with Gasteiger partial charge < -0.3 is 30.1 Å². The van der Waals surface area contributed by atoms with Gasteiger partial charge in [0.15, 0.2) is 0 Å². The molecule has 2 unspecified atom stereocenters. The van der Waals surface area contributed by atoms with Crippen LogP contribution in [-0.4, -0.2) is 65.7 Å². The topological polar surface area (TPSA) is 134 Å². The first-order valence-electron chi connectivity index (χ1n) is 13.2. The third kappa shape index (κ3) is 9.59. The van der Waals surface area contributed by atoms with Gasteiger partial charge >= 0.3 is 12.1 Å². The van der Waals surface area contributed by atoms with E-state index in [4.69, 9.17) is 4.74 Å². The third-order valence-corrected chi connectivity index (χ3v) is 6.04. The van der Waals surface area contributed by atoms with E-state index in [1.807, 2.05) is 39.0 Å². The van der Waals surface area contributed by atoms with Crippen LogP contribution in [-0.2, 0) is 30.3 Å². The lowest BCUT2D eigenvalue weighted by molar-refractivity contribution is -0.144. The van der Waals surface area contributed by atoms with Crippen LogP contribution >= 0.6 is 0 Å². The Balaban J connectivity index is 2.57. The molecule has 40 heavy (non-hydrogen) atoms. The van der Waals surface area contributed by atoms with Gasteiger partial charge in [-0.2, -0.15) is 0 Å². The van der Waals surface area contributed by atoms with Crippen molar-refractivity contribution in [1.29, 1.82) is 0 Å². The summed E-state index contributed by atoms with van der Waals surface area (Å²) in [5.41, 5.74) is 2.16. The number of nitrogens with one attached hydrogen (secondary N) is 2. The number of carbonyl (C=O) groups excluding carboxylic acids is 4. The number of esters is 1. The zero-order valence-corrected chi connectivity index (χ0v) is 24.4. The Kier molecular flexibility index (Phi) is 11.5. The quantitative estimate of drug-likeness (QED) is 0.360. The van der Waals surface area contributed by atoms with Crippen LogP contribution in [0.3, 0.4) is 0 Å². The van der Waals surface area contributed by atoms with Crippen LogP contribution in [0, 0.1) is 13.8 Å². The Morgan fingerprint density at radius 1 is 1.02 bits per heavy atom. The van der Waals surface area contributed by atoms with Gasteiger partial charge in [-0.3, -0.25) is 14.4 Å². The summed E-state index contributed by atoms with van der Waals surface area (Å²) in [5, 5.41) is 15.0. The van der Waals surface area contributed by atoms with Crippen LogP contribution in [0.4, 0.5) is 4.79 Å². The lowest BCUT2D eigenvalue weighted by atomic mass is 9.95. The van der Waals surface area contributed by atoms with E-state index in [0.717, 1.165) is 11.1 Å². The van der Waals surface area contributed by atoms with Gasteiger partial charge in [0.05, 0.1) is 7.11 Å². The van der Waals surface area contributed by atoms with Crippen LogP contribution in [0.1, 0.15) is 62.4 Å². The second kappa shape index (κ2) is 14.3. The van der Waals surface area contributed by atoms with E-state index in [2.05, 4.69) is 15.4 Å². The molecule has 10 heteroatoms. The average molecular weight is 556 g/mol. The molecule has 0 aliphatic heterocycles. The summed E-state index contributed by atoms with van der Waals surface area (Å²) < 4.78 is 10.1. The molecular formula is C30H41N3O7. The van der Waals surface area contributed by atoms with E-state index in [9.17, 15) is 24.3 Å². The highest BCUT2D eigenvalue weighted by atomic mass is 16.6. The number of hydrogen-bond acceptors (Lipinski definition) is 7. The Bertz CT molecular complexity index is 1190. The zero-order chi connectivity index (χ0) is 30.0. The number of methoxy groups -OCH3 is 1. The van der Waals surface area contributed by atoms with E-state index in [1.165, 1.54) is 24.1 Å². The second-order valence-corrected chi connectivity index (χ2v) is 10.7. The number of aryl methyl sites for hydroxylation is 2. The summed E-state index contributed by atoms with van der Waals surface area (Å²) in [6.45, 7) is 10.6. The number of phenolic OH excluding ortho intramolecular Hbond substituents is 1. The van der Waals surface area contributed by atoms with Gasteiger partial charge in [-0.05, 0) is 69.9 Å². The van der Waals surface area contributed by atoms with Gasteiger partial charge in [-0.25, -0.2) is 4.79 Å². The van der Waals surface area contributed by atoms with Crippen molar-refractivity contribution in [3.63, 3.8) is 0 Å². The predicted molar refractivity (Wildman–Crippen MR) is 151 cm³/mol. The van der Waals surface area contributed by atoms with Gasteiger partial charge in [0.2, 0.25) is 11.8 Å². The molecule has 0 heterocycles. The fraction of sp³-hybridized carbons (Fsp3) is 0.467. The highest BCUT2D eigenvalue weighted by molar-refractivity contribution is 5.93. The molecule has 0 aliphatic rings. The molecule has 2 rings (SSSR count). The summed E-state index contributed by atoms with van der Waals surface area (Å²) in [6.07, 6.45) is -0.169. The van der Waals surface area contributed by atoms with Crippen molar-refractivity contribution in [3.8, 4) is 5.75 Å². The molecule has 0 saturated carbocycles. The number of carbonyl (C=O) groups is 4. The minimum Gasteiger partial charge on any atom is -0.508 e. The fourth-order valence-electron chi connectivity index (χ4n) is 4.16. The first-order valence-corrected chi connectivity index (χ1v) is 13.2. The van der Waals surface area contributed by atoms with Crippen molar-refractivity contribution in [3.05, 3.63) is 64.7 Å². The molecule has 3 N–H and O–H groups in total. The van der Waals surface area contributed by atoms with Gasteiger partial charge in [0.1, 0.15) is 30.0 Å². The van der Waals surface area contributed by atoms with Crippen LogP contribution in [0.2, 0.25) is 0 Å². The van der Waals surface area contributed by atoms with Crippen LogP contribution in [0.5, 0.6) is 5.75 Å². The number of rotatable bonds is 11. The van der Waals surface area contributed by atoms with Crippen molar-refractivity contribution in [2.24, 2.45) is 0 Å². The van der Waals surface area contributed by atoms with Gasteiger partial charge in [-0.1, -0.05) is 42.8 Å². The Labute approximate surface area is 236 Å². The number of phenols is 1. The number of ether oxygens (including phenoxy) is 2. The molecule has 0 radical (unpaired) electrons. The number of benzene rings is 2. The maximum atomic E-state index is 14.3. The molecule has 3 amide bonds. The largest absolute Gasteiger partial charge is 0.508 e. The SMILES string of the molecule is CCCN(C(=O)C(Cc1ccc(O)cc1)NC(=O)OC(C)(C)C)C(C(=O)NCC(=O)OC)c1cc(C)ccc1C. The van der Waals surface area contributed by atoms with Gasteiger partial charge in [-0.15, -0.1) is 0 Å². The van der Waals surface area contributed by atoms with E-state index in [1.54, 1.807) is 32.9 Å². The van der Waals surface area contributed by atoms with Crippen LogP contribution < -0.4 is 10.6 Å². The number of alkyl carbamates (subject to hydrolysis) is 1.